The summed E-state index contributed by atoms with van der Waals surface area (Å²) in [7, 11) is 1.75. The number of aromatic nitrogens is 2. The van der Waals surface area contributed by atoms with Crippen molar-refractivity contribution in [1.82, 2.24) is 9.97 Å². The van der Waals surface area contributed by atoms with Crippen LogP contribution in [0.1, 0.15) is 31.9 Å². The highest BCUT2D eigenvalue weighted by atomic mass is 35.5. The van der Waals surface area contributed by atoms with Gasteiger partial charge in [0, 0.05) is 13.0 Å². The van der Waals surface area contributed by atoms with E-state index in [2.05, 4.69) is 35.1 Å². The smallest absolute Gasteiger partial charge is 0.222 e. The fourth-order valence-corrected chi connectivity index (χ4v) is 4.35. The molecule has 0 bridgehead atoms. The number of methoxy groups -OCH3 is 1. The van der Waals surface area contributed by atoms with Crippen LogP contribution in [0.15, 0.2) is 28.7 Å². The van der Waals surface area contributed by atoms with Crippen LogP contribution in [0.4, 0.5) is 11.8 Å². The summed E-state index contributed by atoms with van der Waals surface area (Å²) in [5, 5.41) is 0.0426. The Hall–Kier alpha value is -1.24. The molecule has 132 valence electrons. The number of alkyl halides is 1. The molecular formula is C17H25ClN4OS. The van der Waals surface area contributed by atoms with Crippen molar-refractivity contribution in [2.24, 2.45) is 0 Å². The second-order valence-corrected chi connectivity index (χ2v) is 7.31. The number of allylic oxidation sites excluding steroid dienone is 2. The van der Waals surface area contributed by atoms with Crippen molar-refractivity contribution in [2.75, 3.05) is 24.5 Å². The van der Waals surface area contributed by atoms with Crippen LogP contribution in [0.2, 0.25) is 0 Å². The van der Waals surface area contributed by atoms with Crippen LogP contribution >= 0.6 is 23.4 Å². The topological polar surface area (TPSA) is 87.0 Å². The predicted molar refractivity (Wildman–Crippen MR) is 102 cm³/mol. The lowest BCUT2D eigenvalue weighted by Gasteiger charge is -2.38. The number of nitrogen functional groups attached to an aromatic ring is 2. The molecule has 1 heterocycles. The molecule has 0 saturated carbocycles. The first kappa shape index (κ1) is 19.1. The van der Waals surface area contributed by atoms with E-state index < -0.39 is 5.60 Å². The molecule has 2 unspecified atom stereocenters. The summed E-state index contributed by atoms with van der Waals surface area (Å²) in [6.07, 6.45) is 9.45. The number of unbranched alkanes of at least 4 members (excludes halogenated alkanes) is 1. The Labute approximate surface area is 152 Å². The zero-order chi connectivity index (χ0) is 17.7. The minimum absolute atomic E-state index is 0.0426. The second kappa shape index (κ2) is 8.23. The molecule has 1 aromatic rings. The minimum Gasteiger partial charge on any atom is -0.383 e. The van der Waals surface area contributed by atoms with Gasteiger partial charge in [-0.1, -0.05) is 38.0 Å². The fraction of sp³-hybridized carbons (Fsp3) is 0.529. The van der Waals surface area contributed by atoms with E-state index in [1.807, 2.05) is 6.92 Å². The summed E-state index contributed by atoms with van der Waals surface area (Å²) in [5.74, 6) is 1.06. The van der Waals surface area contributed by atoms with Gasteiger partial charge in [-0.25, -0.2) is 4.98 Å². The summed E-state index contributed by atoms with van der Waals surface area (Å²) in [5.41, 5.74) is 13.2. The molecule has 0 spiro atoms. The third kappa shape index (κ3) is 4.05. The van der Waals surface area contributed by atoms with Gasteiger partial charge in [0.15, 0.2) is 0 Å². The molecule has 7 heteroatoms. The van der Waals surface area contributed by atoms with Crippen molar-refractivity contribution < 1.29 is 4.74 Å². The Kier molecular flexibility index (Phi) is 6.54. The number of rotatable bonds is 7. The van der Waals surface area contributed by atoms with Crippen LogP contribution in [0, 0.1) is 6.92 Å². The van der Waals surface area contributed by atoms with Crippen molar-refractivity contribution in [1.29, 1.82) is 0 Å². The summed E-state index contributed by atoms with van der Waals surface area (Å²) >= 11 is 7.65. The van der Waals surface area contributed by atoms with E-state index >= 15 is 0 Å². The zero-order valence-electron chi connectivity index (χ0n) is 14.4. The second-order valence-electron chi connectivity index (χ2n) is 5.89. The molecule has 1 aliphatic carbocycles. The molecule has 1 aromatic heterocycles. The monoisotopic (exact) mass is 368 g/mol. The third-order valence-electron chi connectivity index (χ3n) is 4.21. The first-order valence-corrected chi connectivity index (χ1v) is 9.44. The summed E-state index contributed by atoms with van der Waals surface area (Å²) in [6, 6.07) is 0. The number of ether oxygens (including phenoxy) is 1. The highest BCUT2D eigenvalue weighted by Gasteiger charge is 2.38. The molecule has 1 aliphatic rings. The SMILES string of the molecule is CCCCC1(OC)C=CC(CCl)=CC1Sc1c(C)nc(N)nc1N. The highest BCUT2D eigenvalue weighted by Crippen LogP contribution is 2.42. The molecule has 2 atom stereocenters. The van der Waals surface area contributed by atoms with Crippen LogP contribution in [-0.4, -0.2) is 33.8 Å². The van der Waals surface area contributed by atoms with Gasteiger partial charge in [0.25, 0.3) is 0 Å². The molecule has 24 heavy (non-hydrogen) atoms. The molecule has 0 aromatic carbocycles. The average molecular weight is 369 g/mol. The number of aryl methyl sites for hydroxylation is 1. The van der Waals surface area contributed by atoms with E-state index in [1.165, 1.54) is 0 Å². The van der Waals surface area contributed by atoms with Gasteiger partial charge in [0.1, 0.15) is 11.4 Å². The number of hydrogen-bond acceptors (Lipinski definition) is 6. The minimum atomic E-state index is -0.392. The maximum atomic E-state index is 6.08. The Morgan fingerprint density at radius 2 is 2.12 bits per heavy atom. The van der Waals surface area contributed by atoms with Gasteiger partial charge in [0.05, 0.1) is 15.8 Å². The quantitative estimate of drug-likeness (QED) is 0.713. The summed E-state index contributed by atoms with van der Waals surface area (Å²) < 4.78 is 5.96. The normalized spacial score (nSPS) is 23.3. The molecule has 0 fully saturated rings. The van der Waals surface area contributed by atoms with Gasteiger partial charge < -0.3 is 16.2 Å². The molecular weight excluding hydrogens is 344 g/mol. The maximum absolute atomic E-state index is 6.08. The van der Waals surface area contributed by atoms with Gasteiger partial charge in [0.2, 0.25) is 5.95 Å². The van der Waals surface area contributed by atoms with Gasteiger partial charge >= 0.3 is 0 Å². The number of nitrogens with two attached hydrogens (primary N) is 2. The third-order valence-corrected chi connectivity index (χ3v) is 6.04. The van der Waals surface area contributed by atoms with Gasteiger partial charge in [-0.3, -0.25) is 0 Å². The Bertz CT molecular complexity index is 626. The first-order chi connectivity index (χ1) is 11.5. The average Bonchev–Trinajstić information content (AvgIpc) is 2.56. The molecule has 0 radical (unpaired) electrons. The van der Waals surface area contributed by atoms with Crippen LogP contribution in [0.25, 0.3) is 0 Å². The zero-order valence-corrected chi connectivity index (χ0v) is 16.0. The van der Waals surface area contributed by atoms with Gasteiger partial charge in [-0.05, 0) is 18.9 Å². The molecule has 0 saturated heterocycles. The Morgan fingerprint density at radius 1 is 1.38 bits per heavy atom. The molecule has 0 amide bonds. The van der Waals surface area contributed by atoms with Crippen molar-refractivity contribution in [3.8, 4) is 0 Å². The summed E-state index contributed by atoms with van der Waals surface area (Å²) in [6.45, 7) is 4.07. The Balaban J connectivity index is 2.38. The van der Waals surface area contributed by atoms with E-state index in [0.29, 0.717) is 11.7 Å². The van der Waals surface area contributed by atoms with Crippen molar-refractivity contribution in [2.45, 2.75) is 48.9 Å². The molecule has 5 nitrogen and oxygen atoms in total. The predicted octanol–water partition coefficient (Wildman–Crippen LogP) is 3.72. The highest BCUT2D eigenvalue weighted by molar-refractivity contribution is 8.00. The lowest BCUT2D eigenvalue weighted by molar-refractivity contribution is 0.0289. The Morgan fingerprint density at radius 3 is 2.71 bits per heavy atom. The molecule has 0 aliphatic heterocycles. The first-order valence-electron chi connectivity index (χ1n) is 8.03. The molecule has 2 rings (SSSR count). The van der Waals surface area contributed by atoms with Crippen LogP contribution in [-0.2, 0) is 4.74 Å². The van der Waals surface area contributed by atoms with E-state index in [-0.39, 0.29) is 11.2 Å². The lowest BCUT2D eigenvalue weighted by Crippen LogP contribution is -2.41. The van der Waals surface area contributed by atoms with Crippen molar-refractivity contribution in [3.63, 3.8) is 0 Å². The maximum Gasteiger partial charge on any atom is 0.222 e. The van der Waals surface area contributed by atoms with Crippen LogP contribution < -0.4 is 11.5 Å². The van der Waals surface area contributed by atoms with Crippen molar-refractivity contribution >= 4 is 35.1 Å². The standard InChI is InChI=1S/C17H25ClN4OS/c1-4-5-7-17(23-3)8-6-12(10-18)9-13(17)24-14-11(2)21-16(20)22-15(14)19/h6,8-9,13H,4-5,7,10H2,1-3H3,(H4,19,20,21,22). The number of halogens is 1. The van der Waals surface area contributed by atoms with E-state index in [0.717, 1.165) is 35.4 Å². The lowest BCUT2D eigenvalue weighted by atomic mass is 9.87. The van der Waals surface area contributed by atoms with Gasteiger partial charge in [-0.15, -0.1) is 23.4 Å². The summed E-state index contributed by atoms with van der Waals surface area (Å²) in [4.78, 5) is 9.17. The molecule has 4 N–H and O–H groups in total. The van der Waals surface area contributed by atoms with E-state index in [1.54, 1.807) is 18.9 Å². The number of hydrogen-bond donors (Lipinski definition) is 2. The van der Waals surface area contributed by atoms with E-state index in [4.69, 9.17) is 27.8 Å². The fourth-order valence-electron chi connectivity index (χ4n) is 2.80. The van der Waals surface area contributed by atoms with Crippen molar-refractivity contribution in [3.05, 3.63) is 29.5 Å². The number of anilines is 2. The van der Waals surface area contributed by atoms with Crippen LogP contribution in [0.3, 0.4) is 0 Å². The number of thioether (sulfide) groups is 1. The van der Waals surface area contributed by atoms with E-state index in [9.17, 15) is 0 Å². The van der Waals surface area contributed by atoms with Gasteiger partial charge in [-0.2, -0.15) is 4.98 Å². The number of nitrogens with zero attached hydrogens (tertiary/aromatic N) is 2. The largest absolute Gasteiger partial charge is 0.383 e. The van der Waals surface area contributed by atoms with Crippen LogP contribution in [0.5, 0.6) is 0 Å².